The van der Waals surface area contributed by atoms with E-state index in [9.17, 15) is 4.79 Å². The first-order valence-electron chi connectivity index (χ1n) is 10.3. The highest BCUT2D eigenvalue weighted by Gasteiger charge is 2.29. The molecule has 7 nitrogen and oxygen atoms in total. The number of rotatable bonds is 7. The fourth-order valence-corrected chi connectivity index (χ4v) is 3.63. The Morgan fingerprint density at radius 1 is 1.16 bits per heavy atom. The summed E-state index contributed by atoms with van der Waals surface area (Å²) in [6.07, 6.45) is 1.48. The maximum atomic E-state index is 12.4. The van der Waals surface area contributed by atoms with E-state index in [0.29, 0.717) is 11.9 Å². The number of esters is 1. The van der Waals surface area contributed by atoms with Crippen LogP contribution in [0.5, 0.6) is 11.6 Å². The number of carbonyl (C=O) groups excluding carboxylic acids is 1. The van der Waals surface area contributed by atoms with Crippen LogP contribution in [-0.4, -0.2) is 36.2 Å². The fraction of sp³-hybridized carbons (Fsp3) is 0.292. The molecule has 31 heavy (non-hydrogen) atoms. The maximum absolute atomic E-state index is 12.4. The van der Waals surface area contributed by atoms with Gasteiger partial charge >= 0.3 is 5.97 Å². The lowest BCUT2D eigenvalue weighted by Gasteiger charge is -2.19. The Morgan fingerprint density at radius 2 is 1.94 bits per heavy atom. The van der Waals surface area contributed by atoms with Crippen LogP contribution < -0.4 is 14.4 Å². The lowest BCUT2D eigenvalue weighted by molar-refractivity contribution is 0.0519. The van der Waals surface area contributed by atoms with E-state index < -0.39 is 5.97 Å². The number of ether oxygens (including phenoxy) is 3. The lowest BCUT2D eigenvalue weighted by atomic mass is 10.0. The van der Waals surface area contributed by atoms with Crippen LogP contribution in [0.3, 0.4) is 0 Å². The van der Waals surface area contributed by atoms with Gasteiger partial charge in [0.05, 0.1) is 19.9 Å². The average molecular weight is 419 g/mol. The Labute approximate surface area is 181 Å². The van der Waals surface area contributed by atoms with E-state index in [2.05, 4.69) is 33.9 Å². The van der Waals surface area contributed by atoms with E-state index >= 15 is 0 Å². The third-order valence-electron chi connectivity index (χ3n) is 5.23. The number of hydrogen-bond acceptors (Lipinski definition) is 7. The zero-order chi connectivity index (χ0) is 21.8. The number of carbonyl (C=O) groups is 1. The molecule has 0 radical (unpaired) electrons. The van der Waals surface area contributed by atoms with Crippen LogP contribution in [0.25, 0.3) is 0 Å². The Bertz CT molecular complexity index is 1070. The first-order chi connectivity index (χ1) is 15.1. The minimum atomic E-state index is -0.506. The van der Waals surface area contributed by atoms with Gasteiger partial charge in [0.1, 0.15) is 17.9 Å². The van der Waals surface area contributed by atoms with Gasteiger partial charge in [-0.1, -0.05) is 37.3 Å². The van der Waals surface area contributed by atoms with Crippen LogP contribution in [0, 0.1) is 0 Å². The monoisotopic (exact) mass is 419 g/mol. The number of aromatic nitrogens is 2. The molecular formula is C24H25N3O4. The van der Waals surface area contributed by atoms with Gasteiger partial charge in [-0.2, -0.15) is 4.98 Å². The zero-order valence-electron chi connectivity index (χ0n) is 17.9. The van der Waals surface area contributed by atoms with Gasteiger partial charge in [-0.15, -0.1) is 0 Å². The Kier molecular flexibility index (Phi) is 6.02. The summed E-state index contributed by atoms with van der Waals surface area (Å²) < 4.78 is 16.3. The summed E-state index contributed by atoms with van der Waals surface area (Å²) in [5, 5.41) is 0. The van der Waals surface area contributed by atoms with Crippen molar-refractivity contribution in [3.63, 3.8) is 0 Å². The van der Waals surface area contributed by atoms with Crippen molar-refractivity contribution in [1.82, 2.24) is 9.97 Å². The van der Waals surface area contributed by atoms with E-state index in [1.165, 1.54) is 11.8 Å². The second-order valence-electron chi connectivity index (χ2n) is 7.32. The third-order valence-corrected chi connectivity index (χ3v) is 5.23. The molecular weight excluding hydrogens is 394 g/mol. The SMILES string of the molecule is CCOC(=O)c1cnc(N2CC(C)c3ccccc32)nc1OCc1ccc(OC)cc1. The van der Waals surface area contributed by atoms with Crippen molar-refractivity contribution in [2.24, 2.45) is 0 Å². The topological polar surface area (TPSA) is 73.8 Å². The van der Waals surface area contributed by atoms with Gasteiger partial charge in [0.25, 0.3) is 0 Å². The molecule has 0 saturated heterocycles. The second-order valence-corrected chi connectivity index (χ2v) is 7.32. The molecule has 0 N–H and O–H groups in total. The highest BCUT2D eigenvalue weighted by molar-refractivity contribution is 5.91. The smallest absolute Gasteiger partial charge is 0.345 e. The van der Waals surface area contributed by atoms with Crippen molar-refractivity contribution >= 4 is 17.6 Å². The van der Waals surface area contributed by atoms with Gasteiger partial charge in [0.15, 0.2) is 0 Å². The van der Waals surface area contributed by atoms with E-state index in [-0.39, 0.29) is 24.7 Å². The summed E-state index contributed by atoms with van der Waals surface area (Å²) in [7, 11) is 1.62. The van der Waals surface area contributed by atoms with Crippen LogP contribution in [-0.2, 0) is 11.3 Å². The molecule has 3 aromatic rings. The van der Waals surface area contributed by atoms with Gasteiger partial charge < -0.3 is 19.1 Å². The molecule has 7 heteroatoms. The van der Waals surface area contributed by atoms with E-state index in [0.717, 1.165) is 23.5 Å². The van der Waals surface area contributed by atoms with Crippen molar-refractivity contribution in [3.05, 3.63) is 71.4 Å². The number of benzene rings is 2. The van der Waals surface area contributed by atoms with Crippen LogP contribution in [0.1, 0.15) is 41.3 Å². The van der Waals surface area contributed by atoms with Crippen LogP contribution in [0.4, 0.5) is 11.6 Å². The second kappa shape index (κ2) is 9.04. The standard InChI is InChI=1S/C24H25N3O4/c1-4-30-23(28)20-13-25-24(27-14-16(2)19-7-5-6-8-21(19)27)26-22(20)31-15-17-9-11-18(29-3)12-10-17/h5-13,16H,4,14-15H2,1-3H3. The highest BCUT2D eigenvalue weighted by Crippen LogP contribution is 2.39. The van der Waals surface area contributed by atoms with Gasteiger partial charge in [0, 0.05) is 18.2 Å². The molecule has 2 heterocycles. The first-order valence-corrected chi connectivity index (χ1v) is 10.3. The highest BCUT2D eigenvalue weighted by atomic mass is 16.5. The largest absolute Gasteiger partial charge is 0.497 e. The predicted octanol–water partition coefficient (Wildman–Crippen LogP) is 4.50. The molecule has 0 spiro atoms. The van der Waals surface area contributed by atoms with Crippen molar-refractivity contribution in [3.8, 4) is 11.6 Å². The quantitative estimate of drug-likeness (QED) is 0.522. The van der Waals surface area contributed by atoms with Crippen molar-refractivity contribution in [1.29, 1.82) is 0 Å². The minimum absolute atomic E-state index is 0.205. The van der Waals surface area contributed by atoms with Crippen LogP contribution >= 0.6 is 0 Å². The Balaban J connectivity index is 1.63. The minimum Gasteiger partial charge on any atom is -0.497 e. The van der Waals surface area contributed by atoms with Crippen molar-refractivity contribution in [2.45, 2.75) is 26.4 Å². The van der Waals surface area contributed by atoms with Gasteiger partial charge in [0.2, 0.25) is 11.8 Å². The molecule has 0 aliphatic carbocycles. The molecule has 0 fully saturated rings. The zero-order valence-corrected chi connectivity index (χ0v) is 17.9. The molecule has 0 bridgehead atoms. The van der Waals surface area contributed by atoms with Gasteiger partial charge in [-0.3, -0.25) is 0 Å². The van der Waals surface area contributed by atoms with Crippen molar-refractivity contribution in [2.75, 3.05) is 25.2 Å². The Hall–Kier alpha value is -3.61. The number of para-hydroxylation sites is 1. The maximum Gasteiger partial charge on any atom is 0.345 e. The number of nitrogens with zero attached hydrogens (tertiary/aromatic N) is 3. The molecule has 1 aliphatic rings. The van der Waals surface area contributed by atoms with Gasteiger partial charge in [-0.05, 0) is 36.2 Å². The molecule has 1 aliphatic heterocycles. The summed E-state index contributed by atoms with van der Waals surface area (Å²) in [4.78, 5) is 23.5. The molecule has 0 amide bonds. The fourth-order valence-electron chi connectivity index (χ4n) is 3.63. The molecule has 1 atom stereocenters. The normalized spacial score (nSPS) is 14.8. The van der Waals surface area contributed by atoms with E-state index in [1.54, 1.807) is 14.0 Å². The van der Waals surface area contributed by atoms with Crippen LogP contribution in [0.15, 0.2) is 54.7 Å². The molecule has 2 aromatic carbocycles. The third kappa shape index (κ3) is 4.30. The average Bonchev–Trinajstić information content (AvgIpc) is 3.14. The molecule has 160 valence electrons. The van der Waals surface area contributed by atoms with Crippen molar-refractivity contribution < 1.29 is 19.0 Å². The Morgan fingerprint density at radius 3 is 2.68 bits per heavy atom. The number of methoxy groups -OCH3 is 1. The molecule has 4 rings (SSSR count). The number of hydrogen-bond donors (Lipinski definition) is 0. The summed E-state index contributed by atoms with van der Waals surface area (Å²) in [5.74, 6) is 1.31. The number of anilines is 2. The molecule has 1 aromatic heterocycles. The van der Waals surface area contributed by atoms with Crippen LogP contribution in [0.2, 0.25) is 0 Å². The summed E-state index contributed by atoms with van der Waals surface area (Å²) in [5.41, 5.74) is 3.46. The van der Waals surface area contributed by atoms with E-state index in [1.807, 2.05) is 36.4 Å². The first kappa shape index (κ1) is 20.7. The molecule has 1 unspecified atom stereocenters. The number of fused-ring (bicyclic) bond motifs is 1. The summed E-state index contributed by atoms with van der Waals surface area (Å²) in [6.45, 7) is 5.20. The van der Waals surface area contributed by atoms with Gasteiger partial charge in [-0.25, -0.2) is 9.78 Å². The molecule has 0 saturated carbocycles. The van der Waals surface area contributed by atoms with E-state index in [4.69, 9.17) is 14.2 Å². The lowest BCUT2D eigenvalue weighted by Crippen LogP contribution is -2.19. The predicted molar refractivity (Wildman–Crippen MR) is 117 cm³/mol. The summed E-state index contributed by atoms with van der Waals surface area (Å²) >= 11 is 0. The summed E-state index contributed by atoms with van der Waals surface area (Å²) in [6, 6.07) is 15.7.